The first kappa shape index (κ1) is 16.0. The minimum atomic E-state index is 0.523. The van der Waals surface area contributed by atoms with Crippen LogP contribution in [-0.2, 0) is 4.74 Å². The highest BCUT2D eigenvalue weighted by Gasteiger charge is 2.22. The summed E-state index contributed by atoms with van der Waals surface area (Å²) in [6.07, 6.45) is 5.25. The van der Waals surface area contributed by atoms with Crippen LogP contribution in [0.5, 0.6) is 0 Å². The number of hydrogen-bond acceptors (Lipinski definition) is 3. The molecule has 1 aliphatic rings. The van der Waals surface area contributed by atoms with Crippen molar-refractivity contribution < 1.29 is 4.74 Å². The first-order valence-electron chi connectivity index (χ1n) is 7.24. The first-order chi connectivity index (χ1) is 9.27. The summed E-state index contributed by atoms with van der Waals surface area (Å²) in [7, 11) is 0. The van der Waals surface area contributed by atoms with Crippen molar-refractivity contribution in [1.82, 2.24) is 10.2 Å². The van der Waals surface area contributed by atoms with Gasteiger partial charge in [-0.2, -0.15) is 0 Å². The second kappa shape index (κ2) is 9.81. The zero-order valence-electron chi connectivity index (χ0n) is 12.1. The second-order valence-electron chi connectivity index (χ2n) is 4.77. The highest BCUT2D eigenvalue weighted by Crippen LogP contribution is 2.16. The van der Waals surface area contributed by atoms with Gasteiger partial charge >= 0.3 is 0 Å². The standard InChI is InChI=1S/C14H28N4O/c1-3-5-10-19-11-8-16-14(15)17-12-13-7-6-9-18(13)4-2/h3,13H,1,4-12H2,2H3,(H3,15,16,17). The number of nitrogens with two attached hydrogens (primary N) is 1. The monoisotopic (exact) mass is 268 g/mol. The molecule has 5 nitrogen and oxygen atoms in total. The highest BCUT2D eigenvalue weighted by atomic mass is 16.5. The third kappa shape index (κ3) is 6.59. The molecular formula is C14H28N4O. The Morgan fingerprint density at radius 1 is 1.58 bits per heavy atom. The average Bonchev–Trinajstić information content (AvgIpc) is 2.88. The van der Waals surface area contributed by atoms with Crippen LogP contribution in [0.2, 0.25) is 0 Å². The molecule has 3 N–H and O–H groups in total. The van der Waals surface area contributed by atoms with Crippen LogP contribution in [0.1, 0.15) is 26.2 Å². The number of ether oxygens (including phenoxy) is 1. The molecule has 1 fully saturated rings. The van der Waals surface area contributed by atoms with Crippen LogP contribution >= 0.6 is 0 Å². The van der Waals surface area contributed by atoms with Gasteiger partial charge in [0.25, 0.3) is 0 Å². The van der Waals surface area contributed by atoms with Crippen molar-refractivity contribution in [2.24, 2.45) is 10.7 Å². The van der Waals surface area contributed by atoms with Gasteiger partial charge in [-0.1, -0.05) is 13.0 Å². The van der Waals surface area contributed by atoms with E-state index in [0.717, 1.165) is 26.1 Å². The lowest BCUT2D eigenvalue weighted by molar-refractivity contribution is 0.143. The molecular weight excluding hydrogens is 240 g/mol. The third-order valence-corrected chi connectivity index (χ3v) is 3.40. The summed E-state index contributed by atoms with van der Waals surface area (Å²) in [6.45, 7) is 11.0. The number of hydrogen-bond donors (Lipinski definition) is 2. The summed E-state index contributed by atoms with van der Waals surface area (Å²) in [5.41, 5.74) is 5.83. The predicted octanol–water partition coefficient (Wildman–Crippen LogP) is 0.968. The summed E-state index contributed by atoms with van der Waals surface area (Å²) >= 11 is 0. The number of guanidine groups is 1. The van der Waals surface area contributed by atoms with Crippen LogP contribution < -0.4 is 11.1 Å². The van der Waals surface area contributed by atoms with Gasteiger partial charge in [-0.05, 0) is 32.4 Å². The first-order valence-corrected chi connectivity index (χ1v) is 7.24. The summed E-state index contributed by atoms with van der Waals surface area (Å²) in [5.74, 6) is 0.523. The minimum Gasteiger partial charge on any atom is -0.379 e. The van der Waals surface area contributed by atoms with Gasteiger partial charge in [-0.15, -0.1) is 6.58 Å². The van der Waals surface area contributed by atoms with E-state index in [1.54, 1.807) is 0 Å². The Labute approximate surface area is 116 Å². The number of likely N-dealkylation sites (tertiary alicyclic amines) is 1. The van der Waals surface area contributed by atoms with E-state index in [1.165, 1.54) is 19.4 Å². The molecule has 1 rings (SSSR count). The topological polar surface area (TPSA) is 62.9 Å². The quantitative estimate of drug-likeness (QED) is 0.283. The van der Waals surface area contributed by atoms with Gasteiger partial charge in [0.05, 0.1) is 19.8 Å². The molecule has 0 aromatic heterocycles. The van der Waals surface area contributed by atoms with E-state index in [0.29, 0.717) is 25.2 Å². The molecule has 0 spiro atoms. The lowest BCUT2D eigenvalue weighted by Crippen LogP contribution is -2.37. The van der Waals surface area contributed by atoms with Gasteiger partial charge in [-0.3, -0.25) is 9.89 Å². The molecule has 0 aromatic carbocycles. The lowest BCUT2D eigenvalue weighted by atomic mass is 10.2. The van der Waals surface area contributed by atoms with E-state index < -0.39 is 0 Å². The highest BCUT2D eigenvalue weighted by molar-refractivity contribution is 5.77. The molecule has 1 aliphatic heterocycles. The van der Waals surface area contributed by atoms with Crippen LogP contribution in [0.25, 0.3) is 0 Å². The number of rotatable bonds is 9. The van der Waals surface area contributed by atoms with Crippen LogP contribution in [-0.4, -0.2) is 56.3 Å². The van der Waals surface area contributed by atoms with Gasteiger partial charge < -0.3 is 15.8 Å². The van der Waals surface area contributed by atoms with Crippen LogP contribution in [0.3, 0.4) is 0 Å². The van der Waals surface area contributed by atoms with Gasteiger partial charge in [0.15, 0.2) is 5.96 Å². The van der Waals surface area contributed by atoms with Crippen molar-refractivity contribution in [2.75, 3.05) is 39.4 Å². The predicted molar refractivity (Wildman–Crippen MR) is 80.4 cm³/mol. The van der Waals surface area contributed by atoms with Gasteiger partial charge in [-0.25, -0.2) is 0 Å². The van der Waals surface area contributed by atoms with Crippen LogP contribution in [0.15, 0.2) is 17.6 Å². The second-order valence-corrected chi connectivity index (χ2v) is 4.77. The summed E-state index contributed by atoms with van der Waals surface area (Å²) in [6, 6.07) is 0.564. The van der Waals surface area contributed by atoms with E-state index in [1.807, 2.05) is 6.08 Å². The molecule has 1 unspecified atom stereocenters. The molecule has 1 atom stereocenters. The van der Waals surface area contributed by atoms with Crippen molar-refractivity contribution in [3.63, 3.8) is 0 Å². The van der Waals surface area contributed by atoms with Gasteiger partial charge in [0.1, 0.15) is 0 Å². The Morgan fingerprint density at radius 2 is 2.42 bits per heavy atom. The molecule has 1 saturated heterocycles. The van der Waals surface area contributed by atoms with Crippen molar-refractivity contribution in [1.29, 1.82) is 0 Å². The summed E-state index contributed by atoms with van der Waals surface area (Å²) in [4.78, 5) is 6.88. The third-order valence-electron chi connectivity index (χ3n) is 3.40. The Bertz CT molecular complexity index is 281. The van der Waals surface area contributed by atoms with Gasteiger partial charge in [0, 0.05) is 12.6 Å². The fraction of sp³-hybridized carbons (Fsp3) is 0.786. The molecule has 0 saturated carbocycles. The van der Waals surface area contributed by atoms with Crippen molar-refractivity contribution in [3.8, 4) is 0 Å². The van der Waals surface area contributed by atoms with Crippen LogP contribution in [0.4, 0.5) is 0 Å². The number of likely N-dealkylation sites (N-methyl/N-ethyl adjacent to an activating group) is 1. The Morgan fingerprint density at radius 3 is 3.16 bits per heavy atom. The Balaban J connectivity index is 2.09. The van der Waals surface area contributed by atoms with E-state index in [-0.39, 0.29) is 0 Å². The maximum atomic E-state index is 5.83. The zero-order chi connectivity index (χ0) is 13.9. The van der Waals surface area contributed by atoms with E-state index in [9.17, 15) is 0 Å². The van der Waals surface area contributed by atoms with Crippen molar-refractivity contribution >= 4 is 5.96 Å². The number of nitrogens with one attached hydrogen (secondary N) is 1. The Kier molecular flexibility index (Phi) is 8.25. The molecule has 0 aliphatic carbocycles. The SMILES string of the molecule is C=CCCOCCNC(N)=NCC1CCCN1CC. The largest absolute Gasteiger partial charge is 0.379 e. The zero-order valence-corrected chi connectivity index (χ0v) is 12.1. The molecule has 5 heteroatoms. The van der Waals surface area contributed by atoms with Gasteiger partial charge in [0.2, 0.25) is 0 Å². The smallest absolute Gasteiger partial charge is 0.188 e. The van der Waals surface area contributed by atoms with Crippen molar-refractivity contribution in [2.45, 2.75) is 32.2 Å². The van der Waals surface area contributed by atoms with Crippen LogP contribution in [0, 0.1) is 0 Å². The Hall–Kier alpha value is -1.07. The molecule has 110 valence electrons. The van der Waals surface area contributed by atoms with E-state index >= 15 is 0 Å². The number of aliphatic imine (C=N–C) groups is 1. The summed E-state index contributed by atoms with van der Waals surface area (Å²) < 4.78 is 5.38. The molecule has 0 aromatic rings. The maximum Gasteiger partial charge on any atom is 0.188 e. The molecule has 0 bridgehead atoms. The lowest BCUT2D eigenvalue weighted by Gasteiger charge is -2.20. The summed E-state index contributed by atoms with van der Waals surface area (Å²) in [5, 5.41) is 3.07. The minimum absolute atomic E-state index is 0.523. The van der Waals surface area contributed by atoms with Crippen molar-refractivity contribution in [3.05, 3.63) is 12.7 Å². The normalized spacial score (nSPS) is 20.7. The molecule has 0 amide bonds. The average molecular weight is 268 g/mol. The van der Waals surface area contributed by atoms with E-state index in [2.05, 4.69) is 28.7 Å². The molecule has 1 heterocycles. The molecule has 0 radical (unpaired) electrons. The van der Waals surface area contributed by atoms with E-state index in [4.69, 9.17) is 10.5 Å². The fourth-order valence-corrected chi connectivity index (χ4v) is 2.30. The molecule has 19 heavy (non-hydrogen) atoms. The fourth-order valence-electron chi connectivity index (χ4n) is 2.30. The maximum absolute atomic E-state index is 5.83. The number of nitrogens with zero attached hydrogens (tertiary/aromatic N) is 2.